The molecule has 0 aromatic carbocycles. The van der Waals surface area contributed by atoms with E-state index in [1.807, 2.05) is 11.9 Å². The number of hydrogen-bond donors (Lipinski definition) is 1. The molecule has 1 atom stereocenters. The Morgan fingerprint density at radius 3 is 3.18 bits per heavy atom. The van der Waals surface area contributed by atoms with E-state index < -0.39 is 0 Å². The number of carbonyl (C=O) groups is 1. The fourth-order valence-corrected chi connectivity index (χ4v) is 2.00. The van der Waals surface area contributed by atoms with Crippen molar-refractivity contribution in [1.82, 2.24) is 20.0 Å². The predicted octanol–water partition coefficient (Wildman–Crippen LogP) is -0.520. The molecule has 2 rings (SSSR count). The van der Waals surface area contributed by atoms with Crippen LogP contribution < -0.4 is 5.32 Å². The third-order valence-corrected chi connectivity index (χ3v) is 2.90. The van der Waals surface area contributed by atoms with E-state index in [4.69, 9.17) is 4.74 Å². The summed E-state index contributed by atoms with van der Waals surface area (Å²) in [6.45, 7) is 2.63. The van der Waals surface area contributed by atoms with Crippen molar-refractivity contribution < 1.29 is 9.53 Å². The van der Waals surface area contributed by atoms with Crippen LogP contribution in [0.1, 0.15) is 10.5 Å². The Labute approximate surface area is 101 Å². The highest BCUT2D eigenvalue weighted by molar-refractivity contribution is 5.92. The van der Waals surface area contributed by atoms with Crippen molar-refractivity contribution in [3.05, 3.63) is 18.0 Å². The van der Waals surface area contributed by atoms with Crippen LogP contribution in [0.4, 0.5) is 0 Å². The first kappa shape index (κ1) is 12.1. The molecule has 1 aliphatic heterocycles. The standard InChI is InChI=1S/C11H18N4O2/c1-12-7-9-8-15(5-6-17-9)11(16)10-3-4-13-14(10)2/h3-4,9,12H,5-8H2,1-2H3. The van der Waals surface area contributed by atoms with Gasteiger partial charge in [-0.3, -0.25) is 9.48 Å². The minimum absolute atomic E-state index is 0.0226. The van der Waals surface area contributed by atoms with Crippen LogP contribution in [-0.2, 0) is 11.8 Å². The van der Waals surface area contributed by atoms with Crippen LogP contribution >= 0.6 is 0 Å². The van der Waals surface area contributed by atoms with Gasteiger partial charge >= 0.3 is 0 Å². The van der Waals surface area contributed by atoms with Gasteiger partial charge in [-0.05, 0) is 13.1 Å². The summed E-state index contributed by atoms with van der Waals surface area (Å²) in [6.07, 6.45) is 1.71. The molecule has 1 N–H and O–H groups in total. The molecular formula is C11H18N4O2. The molecule has 1 aliphatic rings. The smallest absolute Gasteiger partial charge is 0.272 e. The Morgan fingerprint density at radius 1 is 1.71 bits per heavy atom. The largest absolute Gasteiger partial charge is 0.373 e. The van der Waals surface area contributed by atoms with Gasteiger partial charge in [-0.15, -0.1) is 0 Å². The Morgan fingerprint density at radius 2 is 2.53 bits per heavy atom. The molecule has 1 aromatic rings. The van der Waals surface area contributed by atoms with Gasteiger partial charge in [0.2, 0.25) is 0 Å². The minimum atomic E-state index is 0.0226. The average Bonchev–Trinajstić information content (AvgIpc) is 2.75. The summed E-state index contributed by atoms with van der Waals surface area (Å²) in [5.41, 5.74) is 0.620. The molecule has 2 heterocycles. The molecule has 6 heteroatoms. The lowest BCUT2D eigenvalue weighted by atomic mass is 10.2. The second kappa shape index (κ2) is 5.29. The molecular weight excluding hydrogens is 220 g/mol. The summed E-state index contributed by atoms with van der Waals surface area (Å²) >= 11 is 0. The fraction of sp³-hybridized carbons (Fsp3) is 0.636. The Kier molecular flexibility index (Phi) is 3.75. The number of ether oxygens (including phenoxy) is 1. The van der Waals surface area contributed by atoms with E-state index >= 15 is 0 Å². The molecule has 1 unspecified atom stereocenters. The second-order valence-corrected chi connectivity index (χ2v) is 4.14. The number of rotatable bonds is 3. The molecule has 17 heavy (non-hydrogen) atoms. The number of likely N-dealkylation sites (N-methyl/N-ethyl adjacent to an activating group) is 1. The zero-order valence-electron chi connectivity index (χ0n) is 10.2. The first-order chi connectivity index (χ1) is 8.22. The normalized spacial score (nSPS) is 20.6. The monoisotopic (exact) mass is 238 g/mol. The lowest BCUT2D eigenvalue weighted by Gasteiger charge is -2.32. The van der Waals surface area contributed by atoms with Gasteiger partial charge in [0.05, 0.1) is 12.7 Å². The van der Waals surface area contributed by atoms with Gasteiger partial charge in [0.1, 0.15) is 5.69 Å². The second-order valence-electron chi connectivity index (χ2n) is 4.14. The summed E-state index contributed by atoms with van der Waals surface area (Å²) in [6, 6.07) is 1.74. The molecule has 1 aromatic heterocycles. The van der Waals surface area contributed by atoms with Crippen LogP contribution in [0, 0.1) is 0 Å². The van der Waals surface area contributed by atoms with Gasteiger partial charge in [0.15, 0.2) is 0 Å². The molecule has 0 aliphatic carbocycles. The summed E-state index contributed by atoms with van der Waals surface area (Å²) in [5.74, 6) is 0.0226. The number of morpholine rings is 1. The van der Waals surface area contributed by atoms with Gasteiger partial charge < -0.3 is 15.0 Å². The Hall–Kier alpha value is -1.40. The number of nitrogens with one attached hydrogen (secondary N) is 1. The third-order valence-electron chi connectivity index (χ3n) is 2.90. The van der Waals surface area contributed by atoms with Gasteiger partial charge in [-0.25, -0.2) is 0 Å². The molecule has 94 valence electrons. The highest BCUT2D eigenvalue weighted by Gasteiger charge is 2.25. The molecule has 0 saturated carbocycles. The first-order valence-corrected chi connectivity index (χ1v) is 5.76. The predicted molar refractivity (Wildman–Crippen MR) is 62.8 cm³/mol. The van der Waals surface area contributed by atoms with Crippen molar-refractivity contribution in [2.75, 3.05) is 33.3 Å². The molecule has 0 radical (unpaired) electrons. The van der Waals surface area contributed by atoms with E-state index in [0.717, 1.165) is 6.54 Å². The molecule has 1 amide bonds. The van der Waals surface area contributed by atoms with Crippen LogP contribution in [0.25, 0.3) is 0 Å². The van der Waals surface area contributed by atoms with Crippen molar-refractivity contribution in [1.29, 1.82) is 0 Å². The van der Waals surface area contributed by atoms with Crippen LogP contribution in [0.15, 0.2) is 12.3 Å². The number of hydrogen-bond acceptors (Lipinski definition) is 4. The van der Waals surface area contributed by atoms with Crippen molar-refractivity contribution >= 4 is 5.91 Å². The Bertz CT molecular complexity index is 389. The molecule has 1 fully saturated rings. The zero-order chi connectivity index (χ0) is 12.3. The maximum atomic E-state index is 12.2. The van der Waals surface area contributed by atoms with Gasteiger partial charge in [-0.1, -0.05) is 0 Å². The van der Waals surface area contributed by atoms with Crippen LogP contribution in [0.5, 0.6) is 0 Å². The molecule has 1 saturated heterocycles. The van der Waals surface area contributed by atoms with Gasteiger partial charge in [0.25, 0.3) is 5.91 Å². The highest BCUT2D eigenvalue weighted by Crippen LogP contribution is 2.09. The minimum Gasteiger partial charge on any atom is -0.373 e. The fourth-order valence-electron chi connectivity index (χ4n) is 2.00. The number of amides is 1. The maximum absolute atomic E-state index is 12.2. The van der Waals surface area contributed by atoms with Crippen LogP contribution in [0.3, 0.4) is 0 Å². The topological polar surface area (TPSA) is 59.4 Å². The van der Waals surface area contributed by atoms with Crippen molar-refractivity contribution in [3.8, 4) is 0 Å². The maximum Gasteiger partial charge on any atom is 0.272 e. The van der Waals surface area contributed by atoms with E-state index in [1.54, 1.807) is 24.0 Å². The van der Waals surface area contributed by atoms with Crippen molar-refractivity contribution in [2.45, 2.75) is 6.10 Å². The zero-order valence-corrected chi connectivity index (χ0v) is 10.2. The number of aryl methyl sites for hydroxylation is 1. The van der Waals surface area contributed by atoms with Crippen LogP contribution in [0.2, 0.25) is 0 Å². The number of carbonyl (C=O) groups excluding carboxylic acids is 1. The van der Waals surface area contributed by atoms with Gasteiger partial charge in [0, 0.05) is 32.9 Å². The highest BCUT2D eigenvalue weighted by atomic mass is 16.5. The van der Waals surface area contributed by atoms with E-state index in [9.17, 15) is 4.79 Å². The SMILES string of the molecule is CNCC1CN(C(=O)c2ccnn2C)CCO1. The van der Waals surface area contributed by atoms with E-state index in [2.05, 4.69) is 10.4 Å². The third kappa shape index (κ3) is 2.65. The summed E-state index contributed by atoms with van der Waals surface area (Å²) in [7, 11) is 3.66. The summed E-state index contributed by atoms with van der Waals surface area (Å²) in [5, 5.41) is 7.08. The van der Waals surface area contributed by atoms with E-state index in [0.29, 0.717) is 25.4 Å². The van der Waals surface area contributed by atoms with Gasteiger partial charge in [-0.2, -0.15) is 5.10 Å². The lowest BCUT2D eigenvalue weighted by Crippen LogP contribution is -2.48. The summed E-state index contributed by atoms with van der Waals surface area (Å²) in [4.78, 5) is 14.0. The van der Waals surface area contributed by atoms with Crippen LogP contribution in [-0.4, -0.2) is 60.0 Å². The number of nitrogens with zero attached hydrogens (tertiary/aromatic N) is 3. The lowest BCUT2D eigenvalue weighted by molar-refractivity contribution is -0.0199. The molecule has 6 nitrogen and oxygen atoms in total. The number of aromatic nitrogens is 2. The van der Waals surface area contributed by atoms with Crippen molar-refractivity contribution in [2.24, 2.45) is 7.05 Å². The average molecular weight is 238 g/mol. The van der Waals surface area contributed by atoms with Crippen molar-refractivity contribution in [3.63, 3.8) is 0 Å². The molecule has 0 spiro atoms. The Balaban J connectivity index is 2.02. The van der Waals surface area contributed by atoms with E-state index in [-0.39, 0.29) is 12.0 Å². The summed E-state index contributed by atoms with van der Waals surface area (Å²) < 4.78 is 7.17. The van der Waals surface area contributed by atoms with E-state index in [1.165, 1.54) is 0 Å². The first-order valence-electron chi connectivity index (χ1n) is 5.76. The molecule has 0 bridgehead atoms. The quantitative estimate of drug-likeness (QED) is 0.770.